The van der Waals surface area contributed by atoms with Crippen molar-refractivity contribution in [1.29, 1.82) is 0 Å². The number of nitrogens with zero attached hydrogens (tertiary/aromatic N) is 1. The van der Waals surface area contributed by atoms with E-state index < -0.39 is 12.0 Å². The van der Waals surface area contributed by atoms with Gasteiger partial charge in [-0.2, -0.15) is 0 Å². The Morgan fingerprint density at radius 2 is 2.15 bits per heavy atom. The van der Waals surface area contributed by atoms with Gasteiger partial charge in [0.2, 0.25) is 0 Å². The van der Waals surface area contributed by atoms with Crippen LogP contribution in [-0.4, -0.2) is 18.0 Å². The highest BCUT2D eigenvalue weighted by atomic mass is 19.1. The van der Waals surface area contributed by atoms with Gasteiger partial charge in [0.25, 0.3) is 5.91 Å². The maximum Gasteiger partial charge on any atom is 0.256 e. The number of hydrogen-bond donors (Lipinski definition) is 2. The van der Waals surface area contributed by atoms with Crippen LogP contribution in [0.2, 0.25) is 0 Å². The number of methoxy groups -OCH3 is 1. The largest absolute Gasteiger partial charge is 0.494 e. The first-order valence-electron chi connectivity index (χ1n) is 6.05. The molecule has 102 valence electrons. The maximum absolute atomic E-state index is 13.7. The molecule has 2 aromatic rings. The first kappa shape index (κ1) is 12.4. The normalized spacial score (nSPS) is 16.9. The lowest BCUT2D eigenvalue weighted by Crippen LogP contribution is -2.38. The Balaban J connectivity index is 1.94. The molecule has 3 rings (SSSR count). The molecule has 0 bridgehead atoms. The van der Waals surface area contributed by atoms with Gasteiger partial charge in [-0.15, -0.1) is 0 Å². The lowest BCUT2D eigenvalue weighted by Gasteiger charge is -2.27. The number of benzene rings is 1. The highest BCUT2D eigenvalue weighted by Gasteiger charge is 2.25. The van der Waals surface area contributed by atoms with Crippen molar-refractivity contribution in [2.24, 2.45) is 0 Å². The minimum atomic E-state index is -0.523. The number of amides is 1. The second kappa shape index (κ2) is 4.80. The molecule has 1 atom stereocenters. The Hall–Kier alpha value is -2.63. The minimum Gasteiger partial charge on any atom is -0.494 e. The van der Waals surface area contributed by atoms with Crippen molar-refractivity contribution in [2.45, 2.75) is 6.17 Å². The third-order valence-electron chi connectivity index (χ3n) is 3.12. The summed E-state index contributed by atoms with van der Waals surface area (Å²) in [4.78, 5) is 16.1. The molecule has 1 aromatic heterocycles. The van der Waals surface area contributed by atoms with E-state index in [1.807, 2.05) is 0 Å². The first-order chi connectivity index (χ1) is 9.69. The average Bonchev–Trinajstić information content (AvgIpc) is 2.47. The number of anilines is 1. The highest BCUT2D eigenvalue weighted by Crippen LogP contribution is 2.27. The van der Waals surface area contributed by atoms with Gasteiger partial charge < -0.3 is 15.4 Å². The Labute approximate surface area is 114 Å². The molecule has 1 aromatic carbocycles. The summed E-state index contributed by atoms with van der Waals surface area (Å²) < 4.78 is 18.6. The summed E-state index contributed by atoms with van der Waals surface area (Å²) >= 11 is 0. The van der Waals surface area contributed by atoms with E-state index in [0.717, 1.165) is 0 Å². The molecule has 1 amide bonds. The van der Waals surface area contributed by atoms with Crippen molar-refractivity contribution < 1.29 is 13.9 Å². The predicted octanol–water partition coefficient (Wildman–Crippen LogP) is 2.08. The number of ether oxygens (including phenoxy) is 1. The van der Waals surface area contributed by atoms with Crippen LogP contribution in [0.4, 0.5) is 10.2 Å². The van der Waals surface area contributed by atoms with Gasteiger partial charge in [-0.05, 0) is 29.8 Å². The molecule has 1 aliphatic heterocycles. The predicted molar refractivity (Wildman–Crippen MR) is 71.0 cm³/mol. The Bertz CT molecular complexity index is 675. The van der Waals surface area contributed by atoms with Crippen LogP contribution in [-0.2, 0) is 0 Å². The van der Waals surface area contributed by atoms with E-state index in [2.05, 4.69) is 15.6 Å². The Kier molecular flexibility index (Phi) is 2.98. The Morgan fingerprint density at radius 3 is 2.90 bits per heavy atom. The summed E-state index contributed by atoms with van der Waals surface area (Å²) in [5.74, 6) is -0.0761. The van der Waals surface area contributed by atoms with E-state index in [-0.39, 0.29) is 11.7 Å². The van der Waals surface area contributed by atoms with Gasteiger partial charge >= 0.3 is 0 Å². The second-order valence-electron chi connectivity index (χ2n) is 4.34. The molecule has 2 heterocycles. The molecule has 1 unspecified atom stereocenters. The first-order valence-corrected chi connectivity index (χ1v) is 6.05. The van der Waals surface area contributed by atoms with E-state index >= 15 is 0 Å². The van der Waals surface area contributed by atoms with Gasteiger partial charge in [-0.1, -0.05) is 6.07 Å². The fourth-order valence-corrected chi connectivity index (χ4v) is 2.11. The molecule has 0 aliphatic carbocycles. The fraction of sp³-hybridized carbons (Fsp3) is 0.143. The summed E-state index contributed by atoms with van der Waals surface area (Å²) in [5.41, 5.74) is 1.06. The minimum absolute atomic E-state index is 0.161. The van der Waals surface area contributed by atoms with E-state index in [1.54, 1.807) is 24.4 Å². The topological polar surface area (TPSA) is 63.2 Å². The van der Waals surface area contributed by atoms with Crippen molar-refractivity contribution in [2.75, 3.05) is 12.4 Å². The summed E-state index contributed by atoms with van der Waals surface area (Å²) in [6, 6.07) is 7.90. The van der Waals surface area contributed by atoms with Gasteiger partial charge in [0.1, 0.15) is 12.0 Å². The molecular formula is C14H12FN3O2. The number of rotatable bonds is 2. The van der Waals surface area contributed by atoms with Crippen molar-refractivity contribution in [3.05, 3.63) is 53.5 Å². The van der Waals surface area contributed by atoms with Gasteiger partial charge in [0.05, 0.1) is 12.7 Å². The number of hydrogen-bond acceptors (Lipinski definition) is 4. The molecule has 1 aliphatic rings. The molecule has 5 nitrogen and oxygen atoms in total. The van der Waals surface area contributed by atoms with Gasteiger partial charge in [-0.3, -0.25) is 4.79 Å². The van der Waals surface area contributed by atoms with E-state index in [0.29, 0.717) is 16.9 Å². The zero-order chi connectivity index (χ0) is 14.1. The van der Waals surface area contributed by atoms with Crippen molar-refractivity contribution in [3.63, 3.8) is 0 Å². The van der Waals surface area contributed by atoms with Gasteiger partial charge in [-0.25, -0.2) is 9.37 Å². The van der Waals surface area contributed by atoms with Crippen molar-refractivity contribution in [3.8, 4) is 5.75 Å². The Morgan fingerprint density at radius 1 is 1.30 bits per heavy atom. The molecule has 0 saturated carbocycles. The van der Waals surface area contributed by atoms with E-state index in [9.17, 15) is 9.18 Å². The SMILES string of the molecule is COc1ccc(C2NC(=O)c3cccnc3N2)cc1F. The third kappa shape index (κ3) is 2.05. The molecular weight excluding hydrogens is 261 g/mol. The van der Waals surface area contributed by atoms with Crippen molar-refractivity contribution in [1.82, 2.24) is 10.3 Å². The lowest BCUT2D eigenvalue weighted by molar-refractivity contribution is 0.0935. The maximum atomic E-state index is 13.7. The molecule has 0 fully saturated rings. The van der Waals surface area contributed by atoms with Crippen molar-refractivity contribution >= 4 is 11.7 Å². The van der Waals surface area contributed by atoms with Crippen LogP contribution in [0.15, 0.2) is 36.5 Å². The molecule has 0 spiro atoms. The second-order valence-corrected chi connectivity index (χ2v) is 4.34. The number of carbonyl (C=O) groups is 1. The van der Waals surface area contributed by atoms with Crippen LogP contribution < -0.4 is 15.4 Å². The van der Waals surface area contributed by atoms with Crippen LogP contribution in [0, 0.1) is 5.82 Å². The molecule has 0 saturated heterocycles. The quantitative estimate of drug-likeness (QED) is 0.879. The van der Waals surface area contributed by atoms with Crippen LogP contribution in [0.5, 0.6) is 5.75 Å². The average molecular weight is 273 g/mol. The number of nitrogens with one attached hydrogen (secondary N) is 2. The fourth-order valence-electron chi connectivity index (χ4n) is 2.11. The zero-order valence-corrected chi connectivity index (χ0v) is 10.7. The summed E-state index contributed by atoms with van der Waals surface area (Å²) in [7, 11) is 1.40. The monoisotopic (exact) mass is 273 g/mol. The molecule has 0 radical (unpaired) electrons. The van der Waals surface area contributed by atoms with Gasteiger partial charge in [0.15, 0.2) is 11.6 Å². The standard InChI is InChI=1S/C14H12FN3O2/c1-20-11-5-4-8(7-10(11)15)12-17-13-9(14(19)18-12)3-2-6-16-13/h2-7,12H,1H3,(H,16,17)(H,18,19). The molecule has 6 heteroatoms. The number of fused-ring (bicyclic) bond motifs is 1. The zero-order valence-electron chi connectivity index (χ0n) is 10.7. The molecule has 20 heavy (non-hydrogen) atoms. The summed E-state index contributed by atoms with van der Waals surface area (Å²) in [6.45, 7) is 0. The summed E-state index contributed by atoms with van der Waals surface area (Å²) in [6.07, 6.45) is 1.07. The van der Waals surface area contributed by atoms with Crippen LogP contribution >= 0.6 is 0 Å². The lowest BCUT2D eigenvalue weighted by atomic mass is 10.1. The number of halogens is 1. The van der Waals surface area contributed by atoms with Crippen LogP contribution in [0.25, 0.3) is 0 Å². The number of pyridine rings is 1. The molecule has 2 N–H and O–H groups in total. The number of carbonyl (C=O) groups excluding carboxylic acids is 1. The summed E-state index contributed by atoms with van der Waals surface area (Å²) in [5, 5.41) is 5.81. The van der Waals surface area contributed by atoms with Crippen LogP contribution in [0.3, 0.4) is 0 Å². The highest BCUT2D eigenvalue weighted by molar-refractivity contribution is 6.00. The smallest absolute Gasteiger partial charge is 0.256 e. The van der Waals surface area contributed by atoms with Gasteiger partial charge in [0, 0.05) is 6.20 Å². The van der Waals surface area contributed by atoms with E-state index in [4.69, 9.17) is 4.74 Å². The number of aromatic nitrogens is 1. The van der Waals surface area contributed by atoms with E-state index in [1.165, 1.54) is 19.2 Å². The third-order valence-corrected chi connectivity index (χ3v) is 3.12. The van der Waals surface area contributed by atoms with Crippen LogP contribution in [0.1, 0.15) is 22.1 Å².